The molecule has 0 atom stereocenters. The highest BCUT2D eigenvalue weighted by molar-refractivity contribution is 6.10. The van der Waals surface area contributed by atoms with Crippen LogP contribution in [0.15, 0.2) is 60.2 Å². The van der Waals surface area contributed by atoms with Gasteiger partial charge in [-0.05, 0) is 12.1 Å². The van der Waals surface area contributed by atoms with Crippen LogP contribution in [0.1, 0.15) is 5.82 Å². The normalized spacial score (nSPS) is 13.5. The Labute approximate surface area is 143 Å². The van der Waals surface area contributed by atoms with Gasteiger partial charge in [0, 0.05) is 47.2 Å². The molecule has 7 heteroatoms. The van der Waals surface area contributed by atoms with Crippen molar-refractivity contribution in [2.45, 2.75) is 6.54 Å². The first-order valence-electron chi connectivity index (χ1n) is 8.09. The smallest absolute Gasteiger partial charge is 0.176 e. The number of H-pyrrole nitrogens is 1. The number of fused-ring (bicyclic) bond motifs is 2. The van der Waals surface area contributed by atoms with E-state index >= 15 is 0 Å². The summed E-state index contributed by atoms with van der Waals surface area (Å²) in [5.41, 5.74) is 3.07. The van der Waals surface area contributed by atoms with Crippen molar-refractivity contribution in [1.29, 1.82) is 0 Å². The van der Waals surface area contributed by atoms with Crippen LogP contribution in [0.25, 0.3) is 22.0 Å². The van der Waals surface area contributed by atoms with E-state index < -0.39 is 0 Å². The van der Waals surface area contributed by atoms with Crippen molar-refractivity contribution in [3.63, 3.8) is 0 Å². The first-order valence-corrected chi connectivity index (χ1v) is 8.09. The van der Waals surface area contributed by atoms with Crippen LogP contribution in [0.5, 0.6) is 0 Å². The second-order valence-corrected chi connectivity index (χ2v) is 5.86. The molecule has 122 valence electrons. The summed E-state index contributed by atoms with van der Waals surface area (Å²) in [4.78, 5) is 13.4. The number of nitrogens with one attached hydrogen (secondary N) is 2. The minimum atomic E-state index is 0.711. The predicted octanol–water partition coefficient (Wildman–Crippen LogP) is 2.69. The van der Waals surface area contributed by atoms with Crippen molar-refractivity contribution in [2.24, 2.45) is 4.99 Å². The minimum absolute atomic E-state index is 0.711. The van der Waals surface area contributed by atoms with Crippen LogP contribution in [0.2, 0.25) is 0 Å². The third-order valence-corrected chi connectivity index (χ3v) is 4.39. The fourth-order valence-electron chi connectivity index (χ4n) is 3.20. The van der Waals surface area contributed by atoms with Gasteiger partial charge in [-0.2, -0.15) is 5.10 Å². The Morgan fingerprint density at radius 3 is 3.04 bits per heavy atom. The summed E-state index contributed by atoms with van der Waals surface area (Å²) in [7, 11) is 0. The second-order valence-electron chi connectivity index (χ2n) is 5.86. The number of benzene rings is 1. The lowest BCUT2D eigenvalue weighted by Gasteiger charge is -2.18. The van der Waals surface area contributed by atoms with Gasteiger partial charge < -0.3 is 9.88 Å². The van der Waals surface area contributed by atoms with Gasteiger partial charge >= 0.3 is 0 Å². The Hall–Kier alpha value is -3.48. The molecule has 5 rings (SSSR count). The number of rotatable bonds is 2. The highest BCUT2D eigenvalue weighted by Crippen LogP contribution is 2.25. The lowest BCUT2D eigenvalue weighted by atomic mass is 10.1. The number of aliphatic imine (C=N–C) groups is 1. The van der Waals surface area contributed by atoms with Crippen LogP contribution < -0.4 is 5.32 Å². The molecule has 0 spiro atoms. The zero-order valence-corrected chi connectivity index (χ0v) is 13.3. The van der Waals surface area contributed by atoms with Crippen LogP contribution in [-0.2, 0) is 6.54 Å². The van der Waals surface area contributed by atoms with Crippen LogP contribution in [0.4, 0.5) is 5.69 Å². The van der Waals surface area contributed by atoms with E-state index in [0.717, 1.165) is 45.9 Å². The molecule has 0 unspecified atom stereocenters. The van der Waals surface area contributed by atoms with Crippen molar-refractivity contribution in [1.82, 2.24) is 24.7 Å². The number of hydrogen-bond acceptors (Lipinski definition) is 5. The van der Waals surface area contributed by atoms with Crippen molar-refractivity contribution in [3.05, 3.63) is 61.1 Å². The molecule has 0 fully saturated rings. The number of aromatic amines is 1. The third kappa shape index (κ3) is 2.28. The quantitative estimate of drug-likeness (QED) is 0.592. The van der Waals surface area contributed by atoms with E-state index in [-0.39, 0.29) is 0 Å². The first kappa shape index (κ1) is 13.9. The second kappa shape index (κ2) is 5.55. The maximum Gasteiger partial charge on any atom is 0.176 e. The molecular weight excluding hydrogens is 314 g/mol. The summed E-state index contributed by atoms with van der Waals surface area (Å²) in [5.74, 6) is 1.62. The molecule has 1 aliphatic rings. The van der Waals surface area contributed by atoms with Gasteiger partial charge in [-0.1, -0.05) is 12.1 Å². The monoisotopic (exact) mass is 329 g/mol. The molecule has 25 heavy (non-hydrogen) atoms. The summed E-state index contributed by atoms with van der Waals surface area (Å²) >= 11 is 0. The third-order valence-electron chi connectivity index (χ3n) is 4.39. The number of hydrogen-bond donors (Lipinski definition) is 2. The Balaban J connectivity index is 1.55. The number of anilines is 1. The molecule has 7 nitrogen and oxygen atoms in total. The van der Waals surface area contributed by atoms with E-state index in [1.54, 1.807) is 12.4 Å². The van der Waals surface area contributed by atoms with Crippen LogP contribution in [-0.4, -0.2) is 37.1 Å². The van der Waals surface area contributed by atoms with Gasteiger partial charge in [-0.15, -0.1) is 0 Å². The highest BCUT2D eigenvalue weighted by atomic mass is 15.2. The SMILES string of the molecule is c1cc(NC2=NCCn3c(-c4cn[nH]c4)cnc32)c2ccncc2c1. The first-order chi connectivity index (χ1) is 12.4. The molecule has 1 aromatic carbocycles. The van der Waals surface area contributed by atoms with Crippen LogP contribution >= 0.6 is 0 Å². The lowest BCUT2D eigenvalue weighted by molar-refractivity contribution is 0.687. The molecular formula is C18H15N7. The van der Waals surface area contributed by atoms with Gasteiger partial charge in [-0.3, -0.25) is 15.1 Å². The molecule has 0 saturated carbocycles. The molecule has 3 aromatic heterocycles. The van der Waals surface area contributed by atoms with Crippen molar-refractivity contribution < 1.29 is 0 Å². The number of imidazole rings is 1. The Bertz CT molecular complexity index is 1070. The van der Waals surface area contributed by atoms with E-state index in [2.05, 4.69) is 35.0 Å². The molecule has 0 aliphatic carbocycles. The van der Waals surface area contributed by atoms with Gasteiger partial charge in [0.25, 0.3) is 0 Å². The number of amidine groups is 1. The fraction of sp³-hybridized carbons (Fsp3) is 0.111. The summed E-state index contributed by atoms with van der Waals surface area (Å²) in [6, 6.07) is 8.11. The molecule has 0 bridgehead atoms. The van der Waals surface area contributed by atoms with Gasteiger partial charge in [0.15, 0.2) is 11.7 Å². The van der Waals surface area contributed by atoms with Crippen LogP contribution in [0, 0.1) is 0 Å². The van der Waals surface area contributed by atoms with E-state index in [1.165, 1.54) is 0 Å². The summed E-state index contributed by atoms with van der Waals surface area (Å²) in [5, 5.41) is 12.5. The number of nitrogens with zero attached hydrogens (tertiary/aromatic N) is 5. The molecule has 4 heterocycles. The molecule has 0 amide bonds. The zero-order chi connectivity index (χ0) is 16.6. The minimum Gasteiger partial charge on any atom is -0.337 e. The predicted molar refractivity (Wildman–Crippen MR) is 96.6 cm³/mol. The molecule has 1 aliphatic heterocycles. The Morgan fingerprint density at radius 2 is 2.12 bits per heavy atom. The molecule has 2 N–H and O–H groups in total. The maximum atomic E-state index is 4.65. The largest absolute Gasteiger partial charge is 0.337 e. The summed E-state index contributed by atoms with van der Waals surface area (Å²) in [6.07, 6.45) is 9.21. The van der Waals surface area contributed by atoms with E-state index in [1.807, 2.05) is 42.9 Å². The van der Waals surface area contributed by atoms with Gasteiger partial charge in [0.2, 0.25) is 0 Å². The van der Waals surface area contributed by atoms with Gasteiger partial charge in [0.1, 0.15) is 0 Å². The van der Waals surface area contributed by atoms with E-state index in [4.69, 9.17) is 0 Å². The van der Waals surface area contributed by atoms with E-state index in [0.29, 0.717) is 6.54 Å². The van der Waals surface area contributed by atoms with Crippen molar-refractivity contribution in [3.8, 4) is 11.3 Å². The zero-order valence-electron chi connectivity index (χ0n) is 13.3. The Kier molecular flexibility index (Phi) is 3.09. The molecule has 0 radical (unpaired) electrons. The van der Waals surface area contributed by atoms with Gasteiger partial charge in [0.05, 0.1) is 24.6 Å². The fourth-order valence-corrected chi connectivity index (χ4v) is 3.20. The summed E-state index contributed by atoms with van der Waals surface area (Å²) < 4.78 is 2.17. The summed E-state index contributed by atoms with van der Waals surface area (Å²) in [6.45, 7) is 1.52. The maximum absolute atomic E-state index is 4.65. The number of aromatic nitrogens is 5. The van der Waals surface area contributed by atoms with Crippen LogP contribution in [0.3, 0.4) is 0 Å². The topological polar surface area (TPSA) is 83.8 Å². The van der Waals surface area contributed by atoms with E-state index in [9.17, 15) is 0 Å². The Morgan fingerprint density at radius 1 is 1.12 bits per heavy atom. The lowest BCUT2D eigenvalue weighted by Crippen LogP contribution is -2.25. The highest BCUT2D eigenvalue weighted by Gasteiger charge is 2.20. The van der Waals surface area contributed by atoms with Crippen molar-refractivity contribution in [2.75, 3.05) is 11.9 Å². The average Bonchev–Trinajstić information content (AvgIpc) is 3.32. The molecule has 4 aromatic rings. The molecule has 0 saturated heterocycles. The van der Waals surface area contributed by atoms with Gasteiger partial charge in [-0.25, -0.2) is 4.98 Å². The van der Waals surface area contributed by atoms with Crippen molar-refractivity contribution >= 4 is 22.3 Å². The average molecular weight is 329 g/mol. The standard InChI is InChI=1S/C18H15N7/c1-2-12-8-19-5-4-14(12)15(3-1)24-17-18-21-11-16(13-9-22-23-10-13)25(18)7-6-20-17/h1-5,8-11H,6-7H2,(H,20,24)(H,22,23). The number of pyridine rings is 1.